The molecule has 0 aromatic heterocycles. The van der Waals surface area contributed by atoms with Gasteiger partial charge in [-0.1, -0.05) is 104 Å². The van der Waals surface area contributed by atoms with Gasteiger partial charge >= 0.3 is 0 Å². The molecule has 3 aliphatic rings. The molecule has 1 fully saturated rings. The second-order valence-electron chi connectivity index (χ2n) is 12.3. The first kappa shape index (κ1) is 28.2. The lowest BCUT2D eigenvalue weighted by Gasteiger charge is -2.39. The van der Waals surface area contributed by atoms with Crippen molar-refractivity contribution in [3.63, 3.8) is 0 Å². The van der Waals surface area contributed by atoms with Gasteiger partial charge in [-0.2, -0.15) is 0 Å². The van der Waals surface area contributed by atoms with E-state index in [-0.39, 0.29) is 5.41 Å². The fourth-order valence-corrected chi connectivity index (χ4v) is 7.43. The Morgan fingerprint density at radius 3 is 1.30 bits per heavy atom. The van der Waals surface area contributed by atoms with Crippen LogP contribution in [0, 0.1) is 0 Å². The number of benzene rings is 4. The standard InChI is InChI=1S/C42H42N2/c1-6-16-36(17-7-1)43(37-18-8-2-9-19-37)40-28-24-34(25-29-40)42(32-14-5-15-33-42)35-26-30-41(31-27-35)44(38-20-10-3-11-21-38)39-22-12-4-13-23-39/h1-4,6-10,12,16-20,22,24-31H,5,11,13-15,21,23,32-33H2. The zero-order valence-electron chi connectivity index (χ0n) is 25.6. The van der Waals surface area contributed by atoms with Crippen LogP contribution in [0.4, 0.5) is 22.7 Å². The summed E-state index contributed by atoms with van der Waals surface area (Å²) in [5.74, 6) is 0. The molecule has 0 atom stereocenters. The van der Waals surface area contributed by atoms with Crippen LogP contribution in [-0.2, 0) is 5.41 Å². The predicted molar refractivity (Wildman–Crippen MR) is 187 cm³/mol. The lowest BCUT2D eigenvalue weighted by Crippen LogP contribution is -2.30. The van der Waals surface area contributed by atoms with Gasteiger partial charge in [0, 0.05) is 39.6 Å². The minimum absolute atomic E-state index is 0.0458. The molecular weight excluding hydrogens is 532 g/mol. The summed E-state index contributed by atoms with van der Waals surface area (Å²) < 4.78 is 0. The van der Waals surface area contributed by atoms with Crippen molar-refractivity contribution in [1.82, 2.24) is 0 Å². The van der Waals surface area contributed by atoms with Crippen LogP contribution >= 0.6 is 0 Å². The van der Waals surface area contributed by atoms with Crippen LogP contribution in [0.3, 0.4) is 0 Å². The van der Waals surface area contributed by atoms with Gasteiger partial charge in [0.1, 0.15) is 0 Å². The highest BCUT2D eigenvalue weighted by Gasteiger charge is 2.36. The van der Waals surface area contributed by atoms with E-state index in [9.17, 15) is 0 Å². The Balaban J connectivity index is 1.23. The van der Waals surface area contributed by atoms with E-state index in [0.29, 0.717) is 0 Å². The van der Waals surface area contributed by atoms with Crippen LogP contribution in [0.25, 0.3) is 0 Å². The molecule has 0 amide bonds. The monoisotopic (exact) mass is 574 g/mol. The van der Waals surface area contributed by atoms with Gasteiger partial charge < -0.3 is 9.80 Å². The van der Waals surface area contributed by atoms with Gasteiger partial charge in [0.05, 0.1) is 0 Å². The minimum Gasteiger partial charge on any atom is -0.318 e. The third-order valence-electron chi connectivity index (χ3n) is 9.65. The van der Waals surface area contributed by atoms with Gasteiger partial charge in [0.2, 0.25) is 0 Å². The van der Waals surface area contributed by atoms with Crippen molar-refractivity contribution in [2.45, 2.75) is 63.2 Å². The summed E-state index contributed by atoms with van der Waals surface area (Å²) in [5.41, 5.74) is 10.5. The molecule has 2 heteroatoms. The van der Waals surface area contributed by atoms with Crippen LogP contribution in [0.2, 0.25) is 0 Å². The van der Waals surface area contributed by atoms with Crippen LogP contribution in [0.15, 0.2) is 157 Å². The molecule has 220 valence electrons. The summed E-state index contributed by atoms with van der Waals surface area (Å²) in [6.07, 6.45) is 24.2. The number of rotatable bonds is 8. The average Bonchev–Trinajstić information content (AvgIpc) is 3.11. The largest absolute Gasteiger partial charge is 0.318 e. The minimum atomic E-state index is 0.0458. The number of allylic oxidation sites excluding steroid dienone is 8. The van der Waals surface area contributed by atoms with Gasteiger partial charge in [0.25, 0.3) is 0 Å². The molecule has 0 spiro atoms. The number of hydrogen-bond acceptors (Lipinski definition) is 2. The van der Waals surface area contributed by atoms with Gasteiger partial charge in [-0.05, 0) is 110 Å². The molecule has 0 bridgehead atoms. The number of nitrogens with zero attached hydrogens (tertiary/aromatic N) is 2. The van der Waals surface area contributed by atoms with Crippen molar-refractivity contribution in [3.8, 4) is 0 Å². The molecule has 0 radical (unpaired) electrons. The molecule has 4 aromatic rings. The van der Waals surface area contributed by atoms with Gasteiger partial charge in [0.15, 0.2) is 0 Å². The van der Waals surface area contributed by atoms with Crippen molar-refractivity contribution in [2.75, 3.05) is 9.80 Å². The first-order valence-electron chi connectivity index (χ1n) is 16.4. The summed E-state index contributed by atoms with van der Waals surface area (Å²) in [4.78, 5) is 4.87. The van der Waals surface area contributed by atoms with Crippen LogP contribution in [0.1, 0.15) is 68.9 Å². The average molecular weight is 575 g/mol. The van der Waals surface area contributed by atoms with E-state index < -0.39 is 0 Å². The molecule has 0 aliphatic heterocycles. The number of hydrogen-bond donors (Lipinski definition) is 0. The Hall–Kier alpha value is -4.56. The summed E-state index contributed by atoms with van der Waals surface area (Å²) in [5, 5.41) is 0. The number of para-hydroxylation sites is 2. The SMILES string of the molecule is C1=CCCC(N(C2=CC=CCC2)c2ccc(C3(c4ccc(N(c5ccccc5)c5ccccc5)cc4)CCCCC3)cc2)=C1. The predicted octanol–water partition coefficient (Wildman–Crippen LogP) is 11.7. The summed E-state index contributed by atoms with van der Waals surface area (Å²) >= 11 is 0. The molecule has 44 heavy (non-hydrogen) atoms. The van der Waals surface area contributed by atoms with Gasteiger partial charge in [-0.15, -0.1) is 0 Å². The molecule has 1 saturated carbocycles. The zero-order chi connectivity index (χ0) is 29.6. The summed E-state index contributed by atoms with van der Waals surface area (Å²) in [6.45, 7) is 0. The van der Waals surface area contributed by atoms with E-state index in [1.54, 1.807) is 0 Å². The second-order valence-corrected chi connectivity index (χ2v) is 12.3. The van der Waals surface area contributed by atoms with Gasteiger partial charge in [-0.3, -0.25) is 0 Å². The van der Waals surface area contributed by atoms with Crippen LogP contribution in [-0.4, -0.2) is 0 Å². The fourth-order valence-electron chi connectivity index (χ4n) is 7.43. The van der Waals surface area contributed by atoms with E-state index in [1.165, 1.54) is 77.4 Å². The maximum Gasteiger partial charge on any atom is 0.0461 e. The number of anilines is 4. The second kappa shape index (κ2) is 13.0. The molecule has 7 rings (SSSR count). The molecule has 0 saturated heterocycles. The van der Waals surface area contributed by atoms with E-state index in [0.717, 1.165) is 25.7 Å². The van der Waals surface area contributed by atoms with Crippen LogP contribution < -0.4 is 9.80 Å². The highest BCUT2D eigenvalue weighted by molar-refractivity contribution is 5.76. The van der Waals surface area contributed by atoms with E-state index in [1.807, 2.05) is 0 Å². The highest BCUT2D eigenvalue weighted by atomic mass is 15.2. The van der Waals surface area contributed by atoms with Crippen molar-refractivity contribution in [1.29, 1.82) is 0 Å². The van der Waals surface area contributed by atoms with E-state index in [4.69, 9.17) is 0 Å². The topological polar surface area (TPSA) is 6.48 Å². The molecule has 3 aliphatic carbocycles. The third kappa shape index (κ3) is 5.69. The lowest BCUT2D eigenvalue weighted by atomic mass is 9.65. The molecule has 4 aromatic carbocycles. The molecule has 0 heterocycles. The maximum absolute atomic E-state index is 2.51. The molecular formula is C42H42N2. The van der Waals surface area contributed by atoms with Crippen molar-refractivity contribution in [3.05, 3.63) is 168 Å². The summed E-state index contributed by atoms with van der Waals surface area (Å²) in [6, 6.07) is 40.5. The Morgan fingerprint density at radius 2 is 0.864 bits per heavy atom. The van der Waals surface area contributed by atoms with E-state index in [2.05, 4.69) is 155 Å². The lowest BCUT2D eigenvalue weighted by molar-refractivity contribution is 0.346. The summed E-state index contributed by atoms with van der Waals surface area (Å²) in [7, 11) is 0. The normalized spacial score (nSPS) is 17.5. The Labute approximate surface area is 263 Å². The third-order valence-corrected chi connectivity index (χ3v) is 9.65. The Kier molecular flexibility index (Phi) is 8.32. The molecule has 0 unspecified atom stereocenters. The first-order chi connectivity index (χ1) is 21.8. The fraction of sp³-hybridized carbons (Fsp3) is 0.238. The first-order valence-corrected chi connectivity index (χ1v) is 16.4. The quantitative estimate of drug-likeness (QED) is 0.206. The van der Waals surface area contributed by atoms with Gasteiger partial charge in [-0.25, -0.2) is 0 Å². The van der Waals surface area contributed by atoms with Crippen LogP contribution in [0.5, 0.6) is 0 Å². The van der Waals surface area contributed by atoms with E-state index >= 15 is 0 Å². The Morgan fingerprint density at radius 1 is 0.432 bits per heavy atom. The highest BCUT2D eigenvalue weighted by Crippen LogP contribution is 2.46. The smallest absolute Gasteiger partial charge is 0.0461 e. The van der Waals surface area contributed by atoms with Crippen molar-refractivity contribution in [2.24, 2.45) is 0 Å². The zero-order valence-corrected chi connectivity index (χ0v) is 25.6. The molecule has 0 N–H and O–H groups in total. The Bertz CT molecular complexity index is 1580. The van der Waals surface area contributed by atoms with Crippen molar-refractivity contribution >= 4 is 22.7 Å². The maximum atomic E-state index is 2.51. The molecule has 2 nitrogen and oxygen atoms in total. The van der Waals surface area contributed by atoms with Crippen molar-refractivity contribution < 1.29 is 0 Å².